The van der Waals surface area contributed by atoms with Crippen LogP contribution in [0.5, 0.6) is 23.0 Å². The molecular weight excluding hydrogens is 564 g/mol. The Hall–Kier alpha value is -5.15. The highest BCUT2D eigenvalue weighted by Crippen LogP contribution is 2.46. The number of amides is 1. The van der Waals surface area contributed by atoms with Gasteiger partial charge < -0.3 is 19.3 Å². The Balaban J connectivity index is 1.40. The maximum Gasteiger partial charge on any atom is 0.301 e. The molecule has 7 rings (SSSR count). The summed E-state index contributed by atoms with van der Waals surface area (Å²) >= 11 is 1.33. The molecule has 1 saturated heterocycles. The van der Waals surface area contributed by atoms with Gasteiger partial charge in [-0.1, -0.05) is 47.7 Å². The molecule has 2 aliphatic rings. The molecule has 1 atom stereocenters. The van der Waals surface area contributed by atoms with E-state index in [1.165, 1.54) is 16.2 Å². The summed E-state index contributed by atoms with van der Waals surface area (Å²) in [4.78, 5) is 33.8. The molecule has 1 fully saturated rings. The third-order valence-corrected chi connectivity index (χ3v) is 8.44. The van der Waals surface area contributed by atoms with Crippen LogP contribution in [0.1, 0.15) is 28.3 Å². The van der Waals surface area contributed by atoms with Crippen LogP contribution in [-0.4, -0.2) is 35.0 Å². The molecule has 9 heteroatoms. The Morgan fingerprint density at radius 3 is 2.49 bits per heavy atom. The van der Waals surface area contributed by atoms with Crippen LogP contribution in [0.4, 0.5) is 5.13 Å². The Morgan fingerprint density at radius 2 is 1.67 bits per heavy atom. The van der Waals surface area contributed by atoms with Gasteiger partial charge in [0.15, 0.2) is 16.6 Å². The summed E-state index contributed by atoms with van der Waals surface area (Å²) in [6.07, 6.45) is 0. The molecule has 1 N–H and O–H groups in total. The number of hydrogen-bond acceptors (Lipinski definition) is 8. The second-order valence-corrected chi connectivity index (χ2v) is 11.4. The van der Waals surface area contributed by atoms with Crippen molar-refractivity contribution in [1.29, 1.82) is 0 Å². The lowest BCUT2D eigenvalue weighted by atomic mass is 9.95. The molecule has 1 aromatic heterocycles. The molecule has 2 aliphatic heterocycles. The summed E-state index contributed by atoms with van der Waals surface area (Å²) in [5.41, 5.74) is 3.67. The van der Waals surface area contributed by atoms with Gasteiger partial charge in [-0.15, -0.1) is 0 Å². The smallest absolute Gasteiger partial charge is 0.301 e. The van der Waals surface area contributed by atoms with E-state index in [1.54, 1.807) is 42.5 Å². The molecule has 4 aromatic carbocycles. The quantitative estimate of drug-likeness (QED) is 0.132. The highest BCUT2D eigenvalue weighted by molar-refractivity contribution is 7.22. The molecule has 0 bridgehead atoms. The molecule has 214 valence electrons. The van der Waals surface area contributed by atoms with E-state index in [9.17, 15) is 14.7 Å². The standard InChI is InChI=1S/C34H26N2O6S/c1-19-15-20(2)29-27(16-19)43-34(35-29)36-30(21-7-6-10-24(17-21)42-23-8-4-3-5-9-23)28(32(38)33(36)39)31(37)22-11-12-25-26(18-22)41-14-13-40-25/h3-12,15-18,30,37H,13-14H2,1-2H3/t30-/m1/s1. The normalized spacial score (nSPS) is 17.4. The molecule has 0 radical (unpaired) electrons. The molecule has 5 aromatic rings. The van der Waals surface area contributed by atoms with E-state index in [-0.39, 0.29) is 11.3 Å². The van der Waals surface area contributed by atoms with Crippen molar-refractivity contribution in [2.45, 2.75) is 19.9 Å². The van der Waals surface area contributed by atoms with Gasteiger partial charge in [0.05, 0.1) is 21.8 Å². The van der Waals surface area contributed by atoms with E-state index in [4.69, 9.17) is 19.2 Å². The van der Waals surface area contributed by atoms with E-state index in [1.807, 2.05) is 56.3 Å². The fraction of sp³-hybridized carbons (Fsp3) is 0.147. The lowest BCUT2D eigenvalue weighted by molar-refractivity contribution is -0.132. The molecule has 0 spiro atoms. The van der Waals surface area contributed by atoms with Crippen molar-refractivity contribution >= 4 is 44.1 Å². The first-order chi connectivity index (χ1) is 20.9. The van der Waals surface area contributed by atoms with Crippen LogP contribution in [0, 0.1) is 13.8 Å². The van der Waals surface area contributed by atoms with Gasteiger partial charge in [0, 0.05) is 5.56 Å². The fourth-order valence-electron chi connectivity index (χ4n) is 5.53. The maximum absolute atomic E-state index is 13.8. The first kappa shape index (κ1) is 26.7. The number of rotatable bonds is 5. The van der Waals surface area contributed by atoms with Crippen molar-refractivity contribution in [2.75, 3.05) is 18.1 Å². The lowest BCUT2D eigenvalue weighted by Gasteiger charge is -2.23. The number of aromatic nitrogens is 1. The zero-order chi connectivity index (χ0) is 29.7. The molecule has 0 saturated carbocycles. The van der Waals surface area contributed by atoms with Crippen molar-refractivity contribution in [3.8, 4) is 23.0 Å². The fourth-order valence-corrected chi connectivity index (χ4v) is 6.69. The second kappa shape index (κ2) is 10.6. The number of ketones is 1. The number of para-hydroxylation sites is 1. The minimum atomic E-state index is -0.963. The minimum absolute atomic E-state index is 0.0503. The van der Waals surface area contributed by atoms with Crippen molar-refractivity contribution in [3.63, 3.8) is 0 Å². The second-order valence-electron chi connectivity index (χ2n) is 10.4. The topological polar surface area (TPSA) is 98.2 Å². The van der Waals surface area contributed by atoms with Gasteiger partial charge in [0.25, 0.3) is 5.78 Å². The van der Waals surface area contributed by atoms with Gasteiger partial charge in [0.1, 0.15) is 30.5 Å². The van der Waals surface area contributed by atoms with Gasteiger partial charge in [-0.25, -0.2) is 4.98 Å². The van der Waals surface area contributed by atoms with Gasteiger partial charge >= 0.3 is 5.91 Å². The number of fused-ring (bicyclic) bond motifs is 2. The monoisotopic (exact) mass is 590 g/mol. The Labute approximate surface area is 251 Å². The van der Waals surface area contributed by atoms with Crippen molar-refractivity contribution in [2.24, 2.45) is 0 Å². The Bertz CT molecular complexity index is 1950. The SMILES string of the molecule is Cc1cc(C)c2nc(N3C(=O)C(=O)C(=C(O)c4ccc5c(c4)OCCO5)[C@H]3c3cccc(Oc4ccccc4)c3)sc2c1. The van der Waals surface area contributed by atoms with Gasteiger partial charge in [-0.3, -0.25) is 14.5 Å². The highest BCUT2D eigenvalue weighted by Gasteiger charge is 2.48. The summed E-state index contributed by atoms with van der Waals surface area (Å²) in [5.74, 6) is 0.268. The number of aryl methyl sites for hydroxylation is 2. The number of Topliss-reactive ketones (excluding diaryl/α,β-unsaturated/α-hetero) is 1. The van der Waals surface area contributed by atoms with E-state index >= 15 is 0 Å². The van der Waals surface area contributed by atoms with Crippen LogP contribution < -0.4 is 19.1 Å². The summed E-state index contributed by atoms with van der Waals surface area (Å²) in [7, 11) is 0. The Kier molecular flexibility index (Phi) is 6.59. The van der Waals surface area contributed by atoms with Gasteiger partial charge in [-0.05, 0) is 79.1 Å². The van der Waals surface area contributed by atoms with E-state index in [0.29, 0.717) is 52.5 Å². The van der Waals surface area contributed by atoms with E-state index in [0.717, 1.165) is 21.3 Å². The number of ether oxygens (including phenoxy) is 3. The summed E-state index contributed by atoms with van der Waals surface area (Å²) < 4.78 is 18.3. The first-order valence-corrected chi connectivity index (χ1v) is 14.6. The highest BCUT2D eigenvalue weighted by atomic mass is 32.1. The van der Waals surface area contributed by atoms with Crippen molar-refractivity contribution < 1.29 is 28.9 Å². The van der Waals surface area contributed by atoms with Crippen LogP contribution in [0.15, 0.2) is 90.5 Å². The van der Waals surface area contributed by atoms with Crippen LogP contribution in [0.25, 0.3) is 16.0 Å². The third kappa shape index (κ3) is 4.77. The van der Waals surface area contributed by atoms with Crippen molar-refractivity contribution in [1.82, 2.24) is 4.98 Å². The summed E-state index contributed by atoms with van der Waals surface area (Å²) in [6, 6.07) is 24.5. The van der Waals surface area contributed by atoms with E-state index < -0.39 is 17.7 Å². The lowest BCUT2D eigenvalue weighted by Crippen LogP contribution is -2.29. The number of aliphatic hydroxyl groups excluding tert-OH is 1. The predicted molar refractivity (Wildman–Crippen MR) is 164 cm³/mol. The summed E-state index contributed by atoms with van der Waals surface area (Å²) in [5, 5.41) is 12.0. The average Bonchev–Trinajstić information content (AvgIpc) is 3.55. The Morgan fingerprint density at radius 1 is 0.907 bits per heavy atom. The number of carbonyl (C=O) groups excluding carboxylic acids is 2. The zero-order valence-corrected chi connectivity index (χ0v) is 24.2. The average molecular weight is 591 g/mol. The number of anilines is 1. The van der Waals surface area contributed by atoms with Crippen LogP contribution in [0.3, 0.4) is 0 Å². The van der Waals surface area contributed by atoms with Crippen LogP contribution in [-0.2, 0) is 9.59 Å². The third-order valence-electron chi connectivity index (χ3n) is 7.44. The minimum Gasteiger partial charge on any atom is -0.507 e. The first-order valence-electron chi connectivity index (χ1n) is 13.8. The number of thiazole rings is 1. The molecule has 0 unspecified atom stereocenters. The van der Waals surface area contributed by atoms with Crippen LogP contribution in [0.2, 0.25) is 0 Å². The van der Waals surface area contributed by atoms with E-state index in [2.05, 4.69) is 0 Å². The van der Waals surface area contributed by atoms with Gasteiger partial charge in [-0.2, -0.15) is 0 Å². The maximum atomic E-state index is 13.8. The van der Waals surface area contributed by atoms with Crippen molar-refractivity contribution in [3.05, 3.63) is 113 Å². The zero-order valence-electron chi connectivity index (χ0n) is 23.4. The largest absolute Gasteiger partial charge is 0.507 e. The molecule has 8 nitrogen and oxygen atoms in total. The summed E-state index contributed by atoms with van der Waals surface area (Å²) in [6.45, 7) is 4.76. The number of nitrogens with zero attached hydrogens (tertiary/aromatic N) is 2. The molecule has 43 heavy (non-hydrogen) atoms. The number of hydrogen-bond donors (Lipinski definition) is 1. The molecule has 3 heterocycles. The number of benzene rings is 4. The van der Waals surface area contributed by atoms with Crippen LogP contribution >= 0.6 is 11.3 Å². The van der Waals surface area contributed by atoms with Gasteiger partial charge in [0.2, 0.25) is 0 Å². The number of aliphatic hydroxyl groups is 1. The molecule has 0 aliphatic carbocycles. The number of carbonyl (C=O) groups is 2. The molecular formula is C34H26N2O6S. The predicted octanol–water partition coefficient (Wildman–Crippen LogP) is 7.10. The molecule has 1 amide bonds.